The summed E-state index contributed by atoms with van der Waals surface area (Å²) in [6.07, 6.45) is 6.44. The molecule has 0 spiro atoms. The average molecular weight is 521 g/mol. The molecule has 0 aromatic heterocycles. The quantitative estimate of drug-likeness (QED) is 0.168. The number of benzene rings is 2. The summed E-state index contributed by atoms with van der Waals surface area (Å²) in [6.45, 7) is 7.78. The summed E-state index contributed by atoms with van der Waals surface area (Å²) >= 11 is 0. The number of aliphatic hydroxyl groups excluding tert-OH is 1. The molecule has 7 heteroatoms. The first kappa shape index (κ1) is 30.5. The molecule has 7 nitrogen and oxygen atoms in total. The van der Waals surface area contributed by atoms with E-state index in [0.717, 1.165) is 24.0 Å². The van der Waals surface area contributed by atoms with Gasteiger partial charge in [-0.15, -0.1) is 13.2 Å². The van der Waals surface area contributed by atoms with E-state index in [0.29, 0.717) is 25.8 Å². The number of aliphatic hydroxyl groups is 1. The van der Waals surface area contributed by atoms with E-state index in [4.69, 9.17) is 4.74 Å². The van der Waals surface area contributed by atoms with Crippen LogP contribution in [0, 0.1) is 5.92 Å². The van der Waals surface area contributed by atoms with E-state index in [1.807, 2.05) is 66.7 Å². The first-order valence-corrected chi connectivity index (χ1v) is 13.1. The molecule has 2 rings (SSSR count). The van der Waals surface area contributed by atoms with E-state index in [9.17, 15) is 19.5 Å². The zero-order valence-corrected chi connectivity index (χ0v) is 22.1. The van der Waals surface area contributed by atoms with Gasteiger partial charge in [0.1, 0.15) is 6.61 Å². The molecule has 0 aliphatic rings. The first-order chi connectivity index (χ1) is 18.5. The van der Waals surface area contributed by atoms with Crippen LogP contribution in [0.15, 0.2) is 86.0 Å². The number of rotatable bonds is 18. The van der Waals surface area contributed by atoms with Gasteiger partial charge in [0, 0.05) is 25.9 Å². The Hall–Kier alpha value is -3.71. The van der Waals surface area contributed by atoms with Crippen LogP contribution in [0.3, 0.4) is 0 Å². The number of hydrogen-bond donors (Lipinski definition) is 2. The number of carbonyl (C=O) groups is 3. The van der Waals surface area contributed by atoms with Gasteiger partial charge >= 0.3 is 5.97 Å². The van der Waals surface area contributed by atoms with E-state index in [2.05, 4.69) is 18.5 Å². The Kier molecular flexibility index (Phi) is 14.2. The van der Waals surface area contributed by atoms with Crippen LogP contribution in [-0.2, 0) is 25.7 Å². The third kappa shape index (κ3) is 11.1. The highest BCUT2D eigenvalue weighted by Crippen LogP contribution is 2.19. The largest absolute Gasteiger partial charge is 0.463 e. The van der Waals surface area contributed by atoms with Gasteiger partial charge in [-0.3, -0.25) is 14.4 Å². The van der Waals surface area contributed by atoms with E-state index >= 15 is 0 Å². The molecule has 2 aromatic rings. The molecule has 0 bridgehead atoms. The smallest absolute Gasteiger partial charge is 0.305 e. The summed E-state index contributed by atoms with van der Waals surface area (Å²) < 4.78 is 5.49. The Morgan fingerprint density at radius 1 is 0.974 bits per heavy atom. The summed E-state index contributed by atoms with van der Waals surface area (Å²) in [5.74, 6) is -1.52. The molecule has 38 heavy (non-hydrogen) atoms. The zero-order chi connectivity index (χ0) is 27.6. The maximum Gasteiger partial charge on any atom is 0.305 e. The van der Waals surface area contributed by atoms with Crippen LogP contribution in [0.5, 0.6) is 0 Å². The number of unbranched alkanes of at least 4 members (excludes halogenated alkanes) is 2. The molecule has 0 saturated carbocycles. The molecule has 0 heterocycles. The third-order valence-electron chi connectivity index (χ3n) is 6.15. The Bertz CT molecular complexity index is 1010. The van der Waals surface area contributed by atoms with Crippen molar-refractivity contribution < 1.29 is 24.2 Å². The molecule has 0 fully saturated rings. The summed E-state index contributed by atoms with van der Waals surface area (Å²) in [5, 5.41) is 12.5. The summed E-state index contributed by atoms with van der Waals surface area (Å²) in [5.41, 5.74) is 1.74. The minimum Gasteiger partial charge on any atom is -0.463 e. The molecule has 0 aliphatic heterocycles. The minimum atomic E-state index is -0.655. The maximum absolute atomic E-state index is 13.4. The molecule has 2 amide bonds. The molecular formula is C31H40N2O5. The molecule has 2 atom stereocenters. The van der Waals surface area contributed by atoms with Crippen molar-refractivity contribution in [3.8, 4) is 0 Å². The third-order valence-corrected chi connectivity index (χ3v) is 6.15. The fourth-order valence-electron chi connectivity index (χ4n) is 4.04. The zero-order valence-electron chi connectivity index (χ0n) is 22.1. The topological polar surface area (TPSA) is 95.9 Å². The van der Waals surface area contributed by atoms with Crippen LogP contribution >= 0.6 is 0 Å². The minimum absolute atomic E-state index is 0.00452. The number of allylic oxidation sites excluding steroid dienone is 2. The highest BCUT2D eigenvalue weighted by Gasteiger charge is 2.27. The second kappa shape index (κ2) is 17.7. The molecule has 0 aliphatic carbocycles. The number of carbonyl (C=O) groups excluding carboxylic acids is 3. The van der Waals surface area contributed by atoms with Gasteiger partial charge in [0.25, 0.3) is 0 Å². The number of ether oxygens (including phenoxy) is 1. The van der Waals surface area contributed by atoms with E-state index in [1.165, 1.54) is 0 Å². The van der Waals surface area contributed by atoms with Gasteiger partial charge in [-0.1, -0.05) is 72.8 Å². The highest BCUT2D eigenvalue weighted by molar-refractivity contribution is 5.86. The second-order valence-corrected chi connectivity index (χ2v) is 9.14. The van der Waals surface area contributed by atoms with Crippen LogP contribution in [0.1, 0.15) is 55.7 Å². The van der Waals surface area contributed by atoms with Crippen molar-refractivity contribution in [2.45, 2.75) is 51.1 Å². The summed E-state index contributed by atoms with van der Waals surface area (Å²) in [4.78, 5) is 40.3. The van der Waals surface area contributed by atoms with E-state index < -0.39 is 12.0 Å². The van der Waals surface area contributed by atoms with Crippen molar-refractivity contribution >= 4 is 17.8 Å². The van der Waals surface area contributed by atoms with Crippen molar-refractivity contribution in [1.29, 1.82) is 0 Å². The number of nitrogens with zero attached hydrogens (tertiary/aromatic N) is 1. The van der Waals surface area contributed by atoms with Crippen LogP contribution in [-0.4, -0.2) is 47.5 Å². The lowest BCUT2D eigenvalue weighted by molar-refractivity contribution is -0.145. The van der Waals surface area contributed by atoms with Crippen molar-refractivity contribution in [1.82, 2.24) is 10.2 Å². The van der Waals surface area contributed by atoms with Gasteiger partial charge in [0.15, 0.2) is 0 Å². The van der Waals surface area contributed by atoms with Crippen LogP contribution < -0.4 is 5.32 Å². The fourth-order valence-corrected chi connectivity index (χ4v) is 4.04. The SMILES string of the molecule is C=CCCCCC(=O)OC[C@@H](NC(=O)[C@@H](CC=C)CC(=O)N(CCO)Cc1ccccc1)c1ccccc1. The lowest BCUT2D eigenvalue weighted by Gasteiger charge is -2.26. The van der Waals surface area contributed by atoms with E-state index in [-0.39, 0.29) is 44.0 Å². The predicted octanol–water partition coefficient (Wildman–Crippen LogP) is 4.74. The molecule has 0 saturated heterocycles. The molecule has 2 N–H and O–H groups in total. The van der Waals surface area contributed by atoms with Crippen molar-refractivity contribution in [3.63, 3.8) is 0 Å². The first-order valence-electron chi connectivity index (χ1n) is 13.1. The van der Waals surface area contributed by atoms with E-state index in [1.54, 1.807) is 11.0 Å². The number of hydrogen-bond acceptors (Lipinski definition) is 5. The average Bonchev–Trinajstić information content (AvgIpc) is 2.93. The van der Waals surface area contributed by atoms with Crippen LogP contribution in [0.2, 0.25) is 0 Å². The summed E-state index contributed by atoms with van der Waals surface area (Å²) in [6, 6.07) is 18.3. The van der Waals surface area contributed by atoms with Crippen molar-refractivity contribution in [2.75, 3.05) is 19.8 Å². The Morgan fingerprint density at radius 3 is 2.29 bits per heavy atom. The summed E-state index contributed by atoms with van der Waals surface area (Å²) in [7, 11) is 0. The van der Waals surface area contributed by atoms with Gasteiger partial charge in [-0.05, 0) is 36.8 Å². The Morgan fingerprint density at radius 2 is 1.66 bits per heavy atom. The predicted molar refractivity (Wildman–Crippen MR) is 149 cm³/mol. The molecule has 2 aromatic carbocycles. The van der Waals surface area contributed by atoms with Gasteiger partial charge in [0.05, 0.1) is 18.6 Å². The number of esters is 1. The van der Waals surface area contributed by atoms with Crippen molar-refractivity contribution in [3.05, 3.63) is 97.1 Å². The normalized spacial score (nSPS) is 12.1. The Labute approximate surface area is 226 Å². The monoisotopic (exact) mass is 520 g/mol. The fraction of sp³-hybridized carbons (Fsp3) is 0.387. The van der Waals surface area contributed by atoms with Gasteiger partial charge < -0.3 is 20.1 Å². The number of nitrogens with one attached hydrogen (secondary N) is 1. The number of amides is 2. The van der Waals surface area contributed by atoms with Crippen LogP contribution in [0.25, 0.3) is 0 Å². The Balaban J connectivity index is 2.07. The van der Waals surface area contributed by atoms with Gasteiger partial charge in [-0.2, -0.15) is 0 Å². The molecular weight excluding hydrogens is 480 g/mol. The molecule has 0 unspecified atom stereocenters. The lowest BCUT2D eigenvalue weighted by atomic mass is 9.98. The highest BCUT2D eigenvalue weighted by atomic mass is 16.5. The van der Waals surface area contributed by atoms with Crippen LogP contribution in [0.4, 0.5) is 0 Å². The lowest BCUT2D eigenvalue weighted by Crippen LogP contribution is -2.40. The maximum atomic E-state index is 13.4. The molecule has 0 radical (unpaired) electrons. The van der Waals surface area contributed by atoms with Crippen molar-refractivity contribution in [2.24, 2.45) is 5.92 Å². The second-order valence-electron chi connectivity index (χ2n) is 9.14. The molecule has 204 valence electrons. The van der Waals surface area contributed by atoms with Gasteiger partial charge in [0.2, 0.25) is 11.8 Å². The van der Waals surface area contributed by atoms with Gasteiger partial charge in [-0.25, -0.2) is 0 Å². The standard InChI is InChI=1S/C31H40N2O5/c1-3-5-6-13-19-30(36)38-24-28(26-17-11-8-12-18-26)32-31(37)27(14-4-2)22-29(35)33(20-21-34)23-25-15-9-7-10-16-25/h3-4,7-12,15-18,27-28,34H,1-2,5-6,13-14,19-24H2,(H,32,37)/t27-,28+/m0/s1.